The topological polar surface area (TPSA) is 108 Å². The molecule has 0 radical (unpaired) electrons. The van der Waals surface area contributed by atoms with Gasteiger partial charge in [0.25, 0.3) is 5.69 Å². The zero-order valence-electron chi connectivity index (χ0n) is 12.0. The molecular formula is C14H14N2O7. The second-order valence-corrected chi connectivity index (χ2v) is 5.28. The molecule has 2 fully saturated rings. The van der Waals surface area contributed by atoms with Crippen molar-refractivity contribution in [1.82, 2.24) is 4.90 Å². The highest BCUT2D eigenvalue weighted by Gasteiger charge is 2.39. The second-order valence-electron chi connectivity index (χ2n) is 5.28. The van der Waals surface area contributed by atoms with Gasteiger partial charge in [-0.25, -0.2) is 4.79 Å². The van der Waals surface area contributed by atoms with E-state index in [0.29, 0.717) is 19.8 Å². The van der Waals surface area contributed by atoms with Crippen molar-refractivity contribution in [3.05, 3.63) is 34.4 Å². The first-order valence-corrected chi connectivity index (χ1v) is 7.03. The fourth-order valence-corrected chi connectivity index (χ4v) is 2.42. The third-order valence-corrected chi connectivity index (χ3v) is 3.70. The SMILES string of the molecule is O=C(Oc1ccc([N+](=O)[O-])cc1)O[C@@H]1CC(=O)N(C2COC2)C1. The van der Waals surface area contributed by atoms with Gasteiger partial charge in [-0.2, -0.15) is 0 Å². The van der Waals surface area contributed by atoms with Crippen molar-refractivity contribution in [3.63, 3.8) is 0 Å². The lowest BCUT2D eigenvalue weighted by molar-refractivity contribution is -0.384. The zero-order valence-corrected chi connectivity index (χ0v) is 12.0. The summed E-state index contributed by atoms with van der Waals surface area (Å²) in [6, 6.07) is 5.11. The molecule has 1 aromatic rings. The third kappa shape index (κ3) is 3.39. The first-order valence-electron chi connectivity index (χ1n) is 7.03. The predicted octanol–water partition coefficient (Wildman–Crippen LogP) is 1.11. The summed E-state index contributed by atoms with van der Waals surface area (Å²) < 4.78 is 15.1. The zero-order chi connectivity index (χ0) is 16.4. The summed E-state index contributed by atoms with van der Waals surface area (Å²) in [6.45, 7) is 1.33. The average molecular weight is 322 g/mol. The van der Waals surface area contributed by atoms with Crippen LogP contribution in [0, 0.1) is 10.1 Å². The summed E-state index contributed by atoms with van der Waals surface area (Å²) in [5.74, 6) is 0.0561. The van der Waals surface area contributed by atoms with Gasteiger partial charge in [0.1, 0.15) is 11.9 Å². The summed E-state index contributed by atoms with van der Waals surface area (Å²) in [4.78, 5) is 35.2. The molecule has 2 aliphatic heterocycles. The van der Waals surface area contributed by atoms with Crippen molar-refractivity contribution in [2.45, 2.75) is 18.6 Å². The van der Waals surface area contributed by atoms with Gasteiger partial charge < -0.3 is 19.1 Å². The van der Waals surface area contributed by atoms with Crippen LogP contribution in [-0.2, 0) is 14.3 Å². The standard InChI is InChI=1S/C14H14N2O7/c17-13-5-12(6-15(13)10-7-21-8-10)23-14(18)22-11-3-1-9(2-4-11)16(19)20/h1-4,10,12H,5-8H2/t12-/m1/s1. The highest BCUT2D eigenvalue weighted by molar-refractivity contribution is 5.80. The molecule has 2 saturated heterocycles. The molecule has 23 heavy (non-hydrogen) atoms. The molecule has 0 aromatic heterocycles. The fourth-order valence-electron chi connectivity index (χ4n) is 2.42. The minimum absolute atomic E-state index is 0.0572. The molecule has 0 bridgehead atoms. The van der Waals surface area contributed by atoms with Crippen LogP contribution in [0.2, 0.25) is 0 Å². The molecule has 1 atom stereocenters. The molecule has 1 amide bonds. The van der Waals surface area contributed by atoms with Crippen molar-refractivity contribution in [2.24, 2.45) is 0 Å². The molecule has 1 aromatic carbocycles. The van der Waals surface area contributed by atoms with E-state index in [-0.39, 0.29) is 29.8 Å². The number of ether oxygens (including phenoxy) is 3. The maximum Gasteiger partial charge on any atom is 0.514 e. The van der Waals surface area contributed by atoms with E-state index >= 15 is 0 Å². The first kappa shape index (κ1) is 15.2. The van der Waals surface area contributed by atoms with Crippen molar-refractivity contribution in [2.75, 3.05) is 19.8 Å². The molecule has 0 aliphatic carbocycles. The lowest BCUT2D eigenvalue weighted by atomic mass is 10.2. The van der Waals surface area contributed by atoms with Gasteiger partial charge in [0.05, 0.1) is 37.1 Å². The molecule has 0 N–H and O–H groups in total. The molecular weight excluding hydrogens is 308 g/mol. The van der Waals surface area contributed by atoms with Crippen molar-refractivity contribution in [3.8, 4) is 5.75 Å². The lowest BCUT2D eigenvalue weighted by Crippen LogP contribution is -2.49. The van der Waals surface area contributed by atoms with Gasteiger partial charge in [0, 0.05) is 12.1 Å². The maximum atomic E-state index is 11.8. The van der Waals surface area contributed by atoms with E-state index in [9.17, 15) is 19.7 Å². The summed E-state index contributed by atoms with van der Waals surface area (Å²) >= 11 is 0. The number of carbonyl (C=O) groups excluding carboxylic acids is 2. The Morgan fingerprint density at radius 2 is 2.00 bits per heavy atom. The Bertz CT molecular complexity index is 627. The third-order valence-electron chi connectivity index (χ3n) is 3.70. The van der Waals surface area contributed by atoms with E-state index in [1.165, 1.54) is 24.3 Å². The number of hydrogen-bond acceptors (Lipinski definition) is 7. The Morgan fingerprint density at radius 1 is 1.30 bits per heavy atom. The number of nitro benzene ring substituents is 1. The van der Waals surface area contributed by atoms with E-state index in [0.717, 1.165) is 0 Å². The van der Waals surface area contributed by atoms with Crippen LogP contribution in [0.4, 0.5) is 10.5 Å². The van der Waals surface area contributed by atoms with Crippen LogP contribution in [-0.4, -0.2) is 53.8 Å². The number of benzene rings is 1. The summed E-state index contributed by atoms with van der Waals surface area (Å²) in [5.41, 5.74) is -0.106. The molecule has 3 rings (SSSR count). The van der Waals surface area contributed by atoms with Gasteiger partial charge in [-0.1, -0.05) is 0 Å². The van der Waals surface area contributed by atoms with E-state index in [1.807, 2.05) is 0 Å². The number of non-ortho nitro benzene ring substituents is 1. The summed E-state index contributed by atoms with van der Waals surface area (Å²) in [5, 5.41) is 10.5. The van der Waals surface area contributed by atoms with Gasteiger partial charge in [0.15, 0.2) is 0 Å². The molecule has 9 nitrogen and oxygen atoms in total. The number of hydrogen-bond donors (Lipinski definition) is 0. The molecule has 0 saturated carbocycles. The lowest BCUT2D eigenvalue weighted by Gasteiger charge is -2.34. The number of likely N-dealkylation sites (tertiary alicyclic amines) is 1. The Hall–Kier alpha value is -2.68. The van der Waals surface area contributed by atoms with Gasteiger partial charge in [-0.15, -0.1) is 0 Å². The van der Waals surface area contributed by atoms with Crippen molar-refractivity contribution < 1.29 is 28.7 Å². The molecule has 0 spiro atoms. The van der Waals surface area contributed by atoms with Crippen LogP contribution in [0.5, 0.6) is 5.75 Å². The summed E-state index contributed by atoms with van der Waals surface area (Å²) in [6.07, 6.45) is -1.39. The highest BCUT2D eigenvalue weighted by Crippen LogP contribution is 2.22. The second kappa shape index (κ2) is 6.21. The van der Waals surface area contributed by atoms with E-state index in [1.54, 1.807) is 4.90 Å². The number of amides is 1. The molecule has 0 unspecified atom stereocenters. The van der Waals surface area contributed by atoms with Crippen LogP contribution in [0.1, 0.15) is 6.42 Å². The Balaban J connectivity index is 1.51. The predicted molar refractivity (Wildman–Crippen MR) is 74.9 cm³/mol. The summed E-state index contributed by atoms with van der Waals surface area (Å²) in [7, 11) is 0. The van der Waals surface area contributed by atoms with Crippen LogP contribution >= 0.6 is 0 Å². The van der Waals surface area contributed by atoms with Gasteiger partial charge in [-0.05, 0) is 12.1 Å². The monoisotopic (exact) mass is 322 g/mol. The fraction of sp³-hybridized carbons (Fsp3) is 0.429. The van der Waals surface area contributed by atoms with Crippen molar-refractivity contribution >= 4 is 17.7 Å². The Labute approximate surface area is 130 Å². The Morgan fingerprint density at radius 3 is 2.57 bits per heavy atom. The van der Waals surface area contributed by atoms with Crippen LogP contribution in [0.25, 0.3) is 0 Å². The Kier molecular flexibility index (Phi) is 4.11. The van der Waals surface area contributed by atoms with Crippen LogP contribution < -0.4 is 4.74 Å². The van der Waals surface area contributed by atoms with Gasteiger partial charge in [0.2, 0.25) is 5.91 Å². The number of rotatable bonds is 4. The first-order chi connectivity index (χ1) is 11.0. The molecule has 122 valence electrons. The number of nitro groups is 1. The smallest absolute Gasteiger partial charge is 0.428 e. The van der Waals surface area contributed by atoms with Crippen LogP contribution in [0.15, 0.2) is 24.3 Å². The van der Waals surface area contributed by atoms with E-state index in [4.69, 9.17) is 14.2 Å². The minimum Gasteiger partial charge on any atom is -0.428 e. The van der Waals surface area contributed by atoms with Gasteiger partial charge >= 0.3 is 6.16 Å². The number of nitrogens with zero attached hydrogens (tertiary/aromatic N) is 2. The van der Waals surface area contributed by atoms with E-state index in [2.05, 4.69) is 0 Å². The largest absolute Gasteiger partial charge is 0.514 e. The van der Waals surface area contributed by atoms with E-state index < -0.39 is 17.2 Å². The average Bonchev–Trinajstić information content (AvgIpc) is 2.78. The normalized spacial score (nSPS) is 21.0. The minimum atomic E-state index is -0.941. The molecule has 2 heterocycles. The number of carbonyl (C=O) groups is 2. The molecule has 2 aliphatic rings. The van der Waals surface area contributed by atoms with Gasteiger partial charge in [-0.3, -0.25) is 14.9 Å². The maximum absolute atomic E-state index is 11.8. The quantitative estimate of drug-likeness (QED) is 0.353. The van der Waals surface area contributed by atoms with Crippen molar-refractivity contribution in [1.29, 1.82) is 0 Å². The highest BCUT2D eigenvalue weighted by atomic mass is 16.7. The van der Waals surface area contributed by atoms with Crippen LogP contribution in [0.3, 0.4) is 0 Å². The molecule has 9 heteroatoms.